The minimum atomic E-state index is -0.478. The monoisotopic (exact) mass is 406 g/mol. The third kappa shape index (κ3) is 3.58. The van der Waals surface area contributed by atoms with Crippen LogP contribution < -0.4 is 11.2 Å². The number of rotatable bonds is 5. The Bertz CT molecular complexity index is 1330. The van der Waals surface area contributed by atoms with Crippen molar-refractivity contribution in [1.82, 2.24) is 18.7 Å². The van der Waals surface area contributed by atoms with Gasteiger partial charge in [0.2, 0.25) is 0 Å². The minimum Gasteiger partial charge on any atom is -0.320 e. The Morgan fingerprint density at radius 3 is 2.47 bits per heavy atom. The lowest BCUT2D eigenvalue weighted by Gasteiger charge is -2.14. The van der Waals surface area contributed by atoms with E-state index in [1.807, 2.05) is 39.0 Å². The van der Waals surface area contributed by atoms with Crippen molar-refractivity contribution in [2.24, 2.45) is 5.92 Å². The van der Waals surface area contributed by atoms with E-state index in [0.29, 0.717) is 17.7 Å². The predicted molar refractivity (Wildman–Crippen MR) is 115 cm³/mol. The lowest BCUT2D eigenvalue weighted by atomic mass is 10.1. The highest BCUT2D eigenvalue weighted by Gasteiger charge is 2.20. The molecular formula is C23H23FN4O2. The quantitative estimate of drug-likeness (QED) is 0.510. The van der Waals surface area contributed by atoms with E-state index in [2.05, 4.69) is 11.1 Å². The van der Waals surface area contributed by atoms with Gasteiger partial charge in [-0.15, -0.1) is 0 Å². The van der Waals surface area contributed by atoms with Gasteiger partial charge in [0.15, 0.2) is 11.2 Å². The van der Waals surface area contributed by atoms with Gasteiger partial charge in [-0.2, -0.15) is 0 Å². The second-order valence-electron chi connectivity index (χ2n) is 7.94. The minimum absolute atomic E-state index is 0.0997. The average Bonchev–Trinajstić information content (AvgIpc) is 3.10. The number of hydrogen-bond acceptors (Lipinski definition) is 3. The first-order valence-corrected chi connectivity index (χ1v) is 9.87. The molecule has 0 saturated carbocycles. The van der Waals surface area contributed by atoms with Crippen molar-refractivity contribution in [3.8, 4) is 5.69 Å². The molecule has 0 aliphatic carbocycles. The first-order valence-electron chi connectivity index (χ1n) is 9.87. The summed E-state index contributed by atoms with van der Waals surface area (Å²) in [7, 11) is 0. The van der Waals surface area contributed by atoms with Crippen molar-refractivity contribution in [1.29, 1.82) is 0 Å². The second kappa shape index (κ2) is 7.74. The Balaban J connectivity index is 1.99. The van der Waals surface area contributed by atoms with Crippen LogP contribution in [0.5, 0.6) is 0 Å². The Morgan fingerprint density at radius 1 is 1.07 bits per heavy atom. The Labute approximate surface area is 172 Å². The third-order valence-corrected chi connectivity index (χ3v) is 4.97. The molecule has 0 atom stereocenters. The maximum atomic E-state index is 13.4. The fourth-order valence-corrected chi connectivity index (χ4v) is 3.66. The normalized spacial score (nSPS) is 11.5. The molecule has 2 aromatic carbocycles. The first kappa shape index (κ1) is 19.8. The molecule has 4 aromatic rings. The third-order valence-electron chi connectivity index (χ3n) is 4.97. The maximum absolute atomic E-state index is 13.4. The van der Waals surface area contributed by atoms with Gasteiger partial charge in [-0.05, 0) is 42.7 Å². The summed E-state index contributed by atoms with van der Waals surface area (Å²) in [5.41, 5.74) is 2.39. The van der Waals surface area contributed by atoms with Crippen molar-refractivity contribution < 1.29 is 4.39 Å². The summed E-state index contributed by atoms with van der Waals surface area (Å²) < 4.78 is 17.8. The van der Waals surface area contributed by atoms with Crippen molar-refractivity contribution in [2.45, 2.75) is 33.9 Å². The zero-order chi connectivity index (χ0) is 21.4. The van der Waals surface area contributed by atoms with Gasteiger partial charge in [0, 0.05) is 13.1 Å². The molecule has 0 amide bonds. The van der Waals surface area contributed by atoms with Gasteiger partial charge in [-0.25, -0.2) is 18.7 Å². The molecule has 7 heteroatoms. The van der Waals surface area contributed by atoms with E-state index >= 15 is 0 Å². The van der Waals surface area contributed by atoms with Gasteiger partial charge in [0.25, 0.3) is 5.56 Å². The molecule has 2 heterocycles. The molecule has 0 N–H and O–H groups in total. The molecule has 4 rings (SSSR count). The van der Waals surface area contributed by atoms with Crippen molar-refractivity contribution >= 4 is 11.2 Å². The van der Waals surface area contributed by atoms with Crippen molar-refractivity contribution in [2.75, 3.05) is 0 Å². The average molecular weight is 406 g/mol. The molecule has 0 spiro atoms. The fraction of sp³-hybridized carbons (Fsp3) is 0.261. The van der Waals surface area contributed by atoms with Crippen LogP contribution in [0, 0.1) is 18.7 Å². The number of benzene rings is 2. The van der Waals surface area contributed by atoms with Crippen LogP contribution in [0.25, 0.3) is 16.9 Å². The molecule has 30 heavy (non-hydrogen) atoms. The first-order chi connectivity index (χ1) is 14.3. The molecular weight excluding hydrogens is 383 g/mol. The van der Waals surface area contributed by atoms with E-state index in [1.165, 1.54) is 33.4 Å². The zero-order valence-corrected chi connectivity index (χ0v) is 17.2. The standard InChI is InChI=1S/C23H23FN4O2/c1-15(2)12-27-22(29)20-21(28(23(27)30)19-9-7-18(24)8-10-19)25-14-26(20)13-17-6-4-5-16(3)11-17/h4-11,14-15H,12-13H2,1-3H3. The molecule has 0 saturated heterocycles. The number of halogens is 1. The summed E-state index contributed by atoms with van der Waals surface area (Å²) in [5, 5.41) is 0. The van der Waals surface area contributed by atoms with E-state index in [1.54, 1.807) is 10.9 Å². The van der Waals surface area contributed by atoms with E-state index in [9.17, 15) is 14.0 Å². The van der Waals surface area contributed by atoms with Crippen LogP contribution in [0.4, 0.5) is 4.39 Å². The maximum Gasteiger partial charge on any atom is 0.337 e. The second-order valence-corrected chi connectivity index (χ2v) is 7.94. The van der Waals surface area contributed by atoms with Crippen LogP contribution >= 0.6 is 0 Å². The van der Waals surface area contributed by atoms with Gasteiger partial charge in [-0.3, -0.25) is 9.36 Å². The molecule has 0 aliphatic heterocycles. The Hall–Kier alpha value is -3.48. The number of nitrogens with zero attached hydrogens (tertiary/aromatic N) is 4. The van der Waals surface area contributed by atoms with Gasteiger partial charge in [-0.1, -0.05) is 43.7 Å². The molecule has 6 nitrogen and oxygen atoms in total. The lowest BCUT2D eigenvalue weighted by molar-refractivity contribution is 0.489. The molecule has 154 valence electrons. The smallest absolute Gasteiger partial charge is 0.320 e. The summed E-state index contributed by atoms with van der Waals surface area (Å²) >= 11 is 0. The van der Waals surface area contributed by atoms with Crippen molar-refractivity contribution in [3.63, 3.8) is 0 Å². The number of imidazole rings is 1. The highest BCUT2D eigenvalue weighted by molar-refractivity contribution is 5.72. The van der Waals surface area contributed by atoms with Gasteiger partial charge in [0.05, 0.1) is 12.0 Å². The highest BCUT2D eigenvalue weighted by Crippen LogP contribution is 2.16. The number of aryl methyl sites for hydroxylation is 1. The fourth-order valence-electron chi connectivity index (χ4n) is 3.66. The Morgan fingerprint density at radius 2 is 1.80 bits per heavy atom. The molecule has 0 fully saturated rings. The van der Waals surface area contributed by atoms with E-state index in [4.69, 9.17) is 0 Å². The molecule has 0 radical (unpaired) electrons. The molecule has 0 unspecified atom stereocenters. The Kier molecular flexibility index (Phi) is 5.11. The largest absolute Gasteiger partial charge is 0.337 e. The van der Waals surface area contributed by atoms with E-state index < -0.39 is 11.5 Å². The van der Waals surface area contributed by atoms with Crippen LogP contribution in [-0.4, -0.2) is 18.7 Å². The number of fused-ring (bicyclic) bond motifs is 1. The van der Waals surface area contributed by atoms with Crippen molar-refractivity contribution in [3.05, 3.63) is 92.6 Å². The SMILES string of the molecule is Cc1cccc(Cn2cnc3c2c(=O)n(CC(C)C)c(=O)n3-c2ccc(F)cc2)c1. The van der Waals surface area contributed by atoms with Gasteiger partial charge >= 0.3 is 5.69 Å². The predicted octanol–water partition coefficient (Wildman–Crippen LogP) is 3.50. The molecule has 2 aromatic heterocycles. The van der Waals surface area contributed by atoms with Crippen LogP contribution in [0.2, 0.25) is 0 Å². The lowest BCUT2D eigenvalue weighted by Crippen LogP contribution is -2.41. The van der Waals surface area contributed by atoms with Gasteiger partial charge < -0.3 is 4.57 Å². The van der Waals surface area contributed by atoms with Gasteiger partial charge in [0.1, 0.15) is 5.82 Å². The number of aromatic nitrogens is 4. The summed E-state index contributed by atoms with van der Waals surface area (Å²) in [5.74, 6) is -0.300. The topological polar surface area (TPSA) is 61.8 Å². The van der Waals surface area contributed by atoms with E-state index in [-0.39, 0.29) is 23.7 Å². The summed E-state index contributed by atoms with van der Waals surface area (Å²) in [4.78, 5) is 30.9. The summed E-state index contributed by atoms with van der Waals surface area (Å²) in [6, 6.07) is 13.6. The summed E-state index contributed by atoms with van der Waals surface area (Å²) in [6.45, 7) is 6.64. The van der Waals surface area contributed by atoms with Crippen LogP contribution in [0.15, 0.2) is 64.4 Å². The number of hydrogen-bond donors (Lipinski definition) is 0. The van der Waals surface area contributed by atoms with E-state index in [0.717, 1.165) is 11.1 Å². The van der Waals surface area contributed by atoms with Crippen LogP contribution in [0.1, 0.15) is 25.0 Å². The zero-order valence-electron chi connectivity index (χ0n) is 17.2. The van der Waals surface area contributed by atoms with Crippen LogP contribution in [-0.2, 0) is 13.1 Å². The summed E-state index contributed by atoms with van der Waals surface area (Å²) in [6.07, 6.45) is 1.58. The van der Waals surface area contributed by atoms with Crippen LogP contribution in [0.3, 0.4) is 0 Å². The molecule has 0 bridgehead atoms. The highest BCUT2D eigenvalue weighted by atomic mass is 19.1. The molecule has 0 aliphatic rings.